The topological polar surface area (TPSA) is 18.5 Å². The molecule has 0 aliphatic carbocycles. The highest BCUT2D eigenvalue weighted by Gasteiger charge is 2.49. The van der Waals surface area contributed by atoms with Crippen molar-refractivity contribution in [3.8, 4) is 0 Å². The predicted octanol–water partition coefficient (Wildman–Crippen LogP) is 6.08. The number of rotatable bonds is 8. The fraction of sp³-hybridized carbons (Fsp3) is 0.379. The molecule has 0 bridgehead atoms. The molecule has 32 heavy (non-hydrogen) atoms. The first-order valence-corrected chi connectivity index (χ1v) is 13.7. The zero-order valence-corrected chi connectivity index (χ0v) is 20.7. The molecule has 0 radical (unpaired) electrons. The molecule has 0 amide bonds. The van der Waals surface area contributed by atoms with Crippen molar-refractivity contribution >= 4 is 23.2 Å². The second-order valence-electron chi connectivity index (χ2n) is 9.72. The lowest BCUT2D eigenvalue weighted by atomic mass is 9.90. The maximum atomic E-state index is 6.24. The van der Waals surface area contributed by atoms with Crippen LogP contribution in [-0.4, -0.2) is 23.7 Å². The molecular formula is C29H36O2P+. The van der Waals surface area contributed by atoms with Gasteiger partial charge in [-0.15, -0.1) is 0 Å². The van der Waals surface area contributed by atoms with Gasteiger partial charge in [-0.1, -0.05) is 54.6 Å². The van der Waals surface area contributed by atoms with Gasteiger partial charge < -0.3 is 9.47 Å². The predicted molar refractivity (Wildman–Crippen MR) is 138 cm³/mol. The van der Waals surface area contributed by atoms with E-state index in [9.17, 15) is 0 Å². The molecule has 1 aliphatic rings. The average molecular weight is 448 g/mol. The van der Waals surface area contributed by atoms with Crippen molar-refractivity contribution in [3.63, 3.8) is 0 Å². The highest BCUT2D eigenvalue weighted by molar-refractivity contribution is 7.95. The minimum absolute atomic E-state index is 0.113. The maximum absolute atomic E-state index is 6.24. The molecule has 0 aromatic heterocycles. The van der Waals surface area contributed by atoms with E-state index in [1.54, 1.807) is 0 Å². The molecule has 3 heteroatoms. The first-order chi connectivity index (χ1) is 15.4. The molecule has 4 rings (SSSR count). The molecule has 1 fully saturated rings. The lowest BCUT2D eigenvalue weighted by molar-refractivity contribution is -0.0910. The third-order valence-electron chi connectivity index (χ3n) is 7.08. The number of unbranched alkanes of at least 4 members (excludes halogenated alkanes) is 1. The van der Waals surface area contributed by atoms with E-state index in [1.165, 1.54) is 15.9 Å². The Hall–Kier alpha value is -1.99. The van der Waals surface area contributed by atoms with Gasteiger partial charge in [0.15, 0.2) is 6.29 Å². The molecule has 1 aliphatic heterocycles. The van der Waals surface area contributed by atoms with Gasteiger partial charge >= 0.3 is 0 Å². The standard InChI is InChI=1S/C29H36O2P/c1-28(2)29(3,4)31-27(30-28)22-14-15-23-32(24-16-8-5-9-17-24,25-18-10-6-11-19-25)26-20-12-7-13-21-26/h5-13,16-21,27H,14-15,22-23H2,1-4H3/q+1. The summed E-state index contributed by atoms with van der Waals surface area (Å²) in [5, 5.41) is 4.36. The van der Waals surface area contributed by atoms with Crippen LogP contribution >= 0.6 is 7.26 Å². The largest absolute Gasteiger partial charge is 0.344 e. The van der Waals surface area contributed by atoms with Crippen molar-refractivity contribution in [3.05, 3.63) is 91.0 Å². The third-order valence-corrected chi connectivity index (χ3v) is 11.6. The number of hydrogen-bond acceptors (Lipinski definition) is 2. The van der Waals surface area contributed by atoms with Gasteiger partial charge in [0.25, 0.3) is 0 Å². The Kier molecular flexibility index (Phi) is 6.86. The molecule has 0 spiro atoms. The monoisotopic (exact) mass is 447 g/mol. The third kappa shape index (κ3) is 4.55. The van der Waals surface area contributed by atoms with Gasteiger partial charge in [0.2, 0.25) is 0 Å². The SMILES string of the molecule is CC1(C)OC(CCCC[P+](c2ccccc2)(c2ccccc2)c2ccccc2)OC1(C)C. The Morgan fingerprint density at radius 3 is 1.34 bits per heavy atom. The van der Waals surface area contributed by atoms with Crippen molar-refractivity contribution < 1.29 is 9.47 Å². The average Bonchev–Trinajstić information content (AvgIpc) is 3.02. The summed E-state index contributed by atoms with van der Waals surface area (Å²) in [4.78, 5) is 0. The fourth-order valence-electron chi connectivity index (χ4n) is 4.62. The Balaban J connectivity index is 1.59. The van der Waals surface area contributed by atoms with Crippen LogP contribution in [0.1, 0.15) is 47.0 Å². The van der Waals surface area contributed by atoms with E-state index in [1.807, 2.05) is 0 Å². The van der Waals surface area contributed by atoms with E-state index in [0.717, 1.165) is 25.4 Å². The molecule has 3 aromatic carbocycles. The molecular weight excluding hydrogens is 411 g/mol. The number of ether oxygens (including phenoxy) is 2. The second kappa shape index (κ2) is 9.48. The van der Waals surface area contributed by atoms with E-state index in [-0.39, 0.29) is 17.5 Å². The lowest BCUT2D eigenvalue weighted by Gasteiger charge is -2.30. The molecule has 0 atom stereocenters. The molecule has 2 nitrogen and oxygen atoms in total. The molecule has 0 N–H and O–H groups in total. The van der Waals surface area contributed by atoms with Crippen LogP contribution in [0.25, 0.3) is 0 Å². The van der Waals surface area contributed by atoms with Crippen molar-refractivity contribution in [1.29, 1.82) is 0 Å². The Bertz CT molecular complexity index is 871. The fourth-order valence-corrected chi connectivity index (χ4v) is 9.04. The highest BCUT2D eigenvalue weighted by atomic mass is 31.2. The van der Waals surface area contributed by atoms with E-state index >= 15 is 0 Å². The van der Waals surface area contributed by atoms with E-state index in [2.05, 4.69) is 119 Å². The normalized spacial score (nSPS) is 18.0. The van der Waals surface area contributed by atoms with Gasteiger partial charge in [-0.25, -0.2) is 0 Å². The van der Waals surface area contributed by atoms with Crippen LogP contribution in [0.3, 0.4) is 0 Å². The summed E-state index contributed by atoms with van der Waals surface area (Å²) in [6.45, 7) is 8.51. The Morgan fingerprint density at radius 1 is 0.594 bits per heavy atom. The Labute approximate surface area is 194 Å². The van der Waals surface area contributed by atoms with Crippen LogP contribution < -0.4 is 15.9 Å². The van der Waals surface area contributed by atoms with E-state index in [4.69, 9.17) is 9.47 Å². The van der Waals surface area contributed by atoms with Gasteiger partial charge in [-0.3, -0.25) is 0 Å². The Morgan fingerprint density at radius 2 is 0.969 bits per heavy atom. The quantitative estimate of drug-likeness (QED) is 0.308. The summed E-state index contributed by atoms with van der Waals surface area (Å²) in [7, 11) is -1.75. The molecule has 1 heterocycles. The van der Waals surface area contributed by atoms with E-state index < -0.39 is 7.26 Å². The van der Waals surface area contributed by atoms with Gasteiger partial charge in [-0.05, 0) is 83.4 Å². The van der Waals surface area contributed by atoms with Crippen LogP contribution in [0.4, 0.5) is 0 Å². The summed E-state index contributed by atoms with van der Waals surface area (Å²) in [6.07, 6.45) is 4.19. The summed E-state index contributed by atoms with van der Waals surface area (Å²) >= 11 is 0. The summed E-state index contributed by atoms with van der Waals surface area (Å²) in [6, 6.07) is 33.4. The van der Waals surface area contributed by atoms with Gasteiger partial charge in [0.1, 0.15) is 23.2 Å². The van der Waals surface area contributed by atoms with Crippen LogP contribution in [0, 0.1) is 0 Å². The summed E-state index contributed by atoms with van der Waals surface area (Å²) < 4.78 is 12.5. The molecule has 3 aromatic rings. The highest BCUT2D eigenvalue weighted by Crippen LogP contribution is 2.56. The minimum Gasteiger partial charge on any atom is -0.344 e. The number of hydrogen-bond donors (Lipinski definition) is 0. The van der Waals surface area contributed by atoms with Crippen molar-refractivity contribution in [2.75, 3.05) is 6.16 Å². The van der Waals surface area contributed by atoms with Gasteiger partial charge in [0, 0.05) is 0 Å². The molecule has 0 saturated carbocycles. The zero-order chi connectivity index (χ0) is 22.7. The van der Waals surface area contributed by atoms with Crippen molar-refractivity contribution in [1.82, 2.24) is 0 Å². The lowest BCUT2D eigenvalue weighted by Crippen LogP contribution is -2.41. The molecule has 1 saturated heterocycles. The van der Waals surface area contributed by atoms with Crippen LogP contribution in [0.5, 0.6) is 0 Å². The van der Waals surface area contributed by atoms with Gasteiger partial charge in [0.05, 0.1) is 17.4 Å². The first kappa shape index (κ1) is 23.2. The van der Waals surface area contributed by atoms with Crippen LogP contribution in [0.15, 0.2) is 91.0 Å². The number of benzene rings is 3. The van der Waals surface area contributed by atoms with Crippen molar-refractivity contribution in [2.24, 2.45) is 0 Å². The summed E-state index contributed by atoms with van der Waals surface area (Å²) in [5.74, 6) is 0. The smallest absolute Gasteiger partial charge is 0.159 e. The summed E-state index contributed by atoms with van der Waals surface area (Å²) in [5.41, 5.74) is -0.515. The minimum atomic E-state index is -1.75. The first-order valence-electron chi connectivity index (χ1n) is 11.8. The van der Waals surface area contributed by atoms with Crippen molar-refractivity contribution in [2.45, 2.75) is 64.4 Å². The van der Waals surface area contributed by atoms with Crippen LogP contribution in [-0.2, 0) is 9.47 Å². The molecule has 168 valence electrons. The van der Waals surface area contributed by atoms with Crippen LogP contribution in [0.2, 0.25) is 0 Å². The zero-order valence-electron chi connectivity index (χ0n) is 19.8. The van der Waals surface area contributed by atoms with Gasteiger partial charge in [-0.2, -0.15) is 0 Å². The second-order valence-corrected chi connectivity index (χ2v) is 13.3. The molecule has 0 unspecified atom stereocenters. The van der Waals surface area contributed by atoms with E-state index in [0.29, 0.717) is 0 Å². The maximum Gasteiger partial charge on any atom is 0.159 e.